The Hall–Kier alpha value is -2.38. The molecule has 2 saturated heterocycles. The highest BCUT2D eigenvalue weighted by atomic mass is 16.7. The van der Waals surface area contributed by atoms with Crippen LogP contribution in [0.15, 0.2) is 23.2 Å². The van der Waals surface area contributed by atoms with E-state index in [4.69, 9.17) is 23.7 Å². The summed E-state index contributed by atoms with van der Waals surface area (Å²) in [5.41, 5.74) is -0.663. The Morgan fingerprint density at radius 2 is 1.81 bits per heavy atom. The molecule has 0 radical (unpaired) electrons. The number of allylic oxidation sites excluding steroid dienone is 1. The summed E-state index contributed by atoms with van der Waals surface area (Å²) in [7, 11) is 1.20. The Balaban J connectivity index is 1.94. The molecule has 3 heterocycles. The van der Waals surface area contributed by atoms with E-state index in [1.54, 1.807) is 0 Å². The molecule has 0 saturated carbocycles. The van der Waals surface area contributed by atoms with Crippen LogP contribution in [0.3, 0.4) is 0 Å². The molecule has 1 N–H and O–H groups in total. The number of hydrogen-bond donors (Lipinski definition) is 1. The zero-order valence-corrected chi connectivity index (χ0v) is 18.0. The molecule has 0 spiro atoms. The first-order valence-corrected chi connectivity index (χ1v) is 10.6. The molecule has 0 aliphatic carbocycles. The lowest BCUT2D eigenvalue weighted by molar-refractivity contribution is -0.837. The predicted molar refractivity (Wildman–Crippen MR) is 106 cm³/mol. The van der Waals surface area contributed by atoms with E-state index in [9.17, 15) is 24.8 Å². The van der Waals surface area contributed by atoms with E-state index in [0.29, 0.717) is 26.1 Å². The van der Waals surface area contributed by atoms with Crippen molar-refractivity contribution < 1.29 is 47.8 Å². The second-order valence-electron chi connectivity index (χ2n) is 7.83. The smallest absolute Gasteiger partial charge is 0.427 e. The van der Waals surface area contributed by atoms with Gasteiger partial charge in [-0.15, -0.1) is 0 Å². The minimum absolute atomic E-state index is 0.171. The van der Waals surface area contributed by atoms with Gasteiger partial charge in [-0.2, -0.15) is 4.48 Å². The summed E-state index contributed by atoms with van der Waals surface area (Å²) in [5.74, 6) is -2.64. The van der Waals surface area contributed by atoms with E-state index in [1.165, 1.54) is 13.2 Å². The molecule has 3 unspecified atom stereocenters. The van der Waals surface area contributed by atoms with Crippen LogP contribution in [0.5, 0.6) is 0 Å². The number of nitrogens with zero attached hydrogens (tertiary/aromatic N) is 2. The summed E-state index contributed by atoms with van der Waals surface area (Å²) >= 11 is 0. The lowest BCUT2D eigenvalue weighted by atomic mass is 10.1. The van der Waals surface area contributed by atoms with Crippen molar-refractivity contribution in [2.45, 2.75) is 51.1 Å². The summed E-state index contributed by atoms with van der Waals surface area (Å²) in [6.07, 6.45) is 4.93. The zero-order valence-electron chi connectivity index (χ0n) is 18.0. The van der Waals surface area contributed by atoms with Crippen LogP contribution < -0.4 is 0 Å². The highest BCUT2D eigenvalue weighted by Gasteiger charge is 2.55. The number of carboxylic acid groups (broad SMARTS) is 1. The molecule has 0 bridgehead atoms. The molecule has 2 fully saturated rings. The third-order valence-electron chi connectivity index (χ3n) is 5.65. The molecule has 3 aliphatic rings. The van der Waals surface area contributed by atoms with Crippen LogP contribution >= 0.6 is 0 Å². The maximum atomic E-state index is 13.4. The van der Waals surface area contributed by atoms with Gasteiger partial charge in [0.05, 0.1) is 12.0 Å². The number of aliphatic carboxylic acids is 1. The molecule has 3 aliphatic heterocycles. The fraction of sp³-hybridized carbons (Fsp3) is 0.700. The summed E-state index contributed by atoms with van der Waals surface area (Å²) in [5, 5.41) is 21.3. The highest BCUT2D eigenvalue weighted by Crippen LogP contribution is 2.32. The largest absolute Gasteiger partial charge is 0.490 e. The van der Waals surface area contributed by atoms with Gasteiger partial charge in [-0.25, -0.2) is 9.59 Å². The molecule has 12 nitrogen and oxygen atoms in total. The van der Waals surface area contributed by atoms with Crippen molar-refractivity contribution in [2.24, 2.45) is 0 Å². The molecule has 0 aromatic carbocycles. The normalized spacial score (nSPS) is 28.9. The molecule has 12 heteroatoms. The van der Waals surface area contributed by atoms with Crippen molar-refractivity contribution in [3.05, 3.63) is 33.3 Å². The number of carboxylic acids is 1. The van der Waals surface area contributed by atoms with E-state index in [0.717, 1.165) is 25.7 Å². The summed E-state index contributed by atoms with van der Waals surface area (Å²) in [6.45, 7) is -0.382. The minimum atomic E-state index is -1.32. The SMILES string of the molecule is COC1=C([N+](=O)[O-])C(=O)[N+](COC2CCCCO2)(CC(=O)O)C(COC2CCCCO2)=C1. The average Bonchev–Trinajstić information content (AvgIpc) is 2.79. The first-order chi connectivity index (χ1) is 15.4. The summed E-state index contributed by atoms with van der Waals surface area (Å²) < 4.78 is 26.8. The van der Waals surface area contributed by atoms with E-state index < -0.39 is 52.8 Å². The molecular weight excluding hydrogens is 428 g/mol. The van der Waals surface area contributed by atoms with E-state index in [2.05, 4.69) is 0 Å². The third kappa shape index (κ3) is 5.51. The van der Waals surface area contributed by atoms with Gasteiger partial charge in [0.15, 0.2) is 25.9 Å². The monoisotopic (exact) mass is 457 g/mol. The lowest BCUT2D eigenvalue weighted by Gasteiger charge is -2.37. The number of ether oxygens (including phenoxy) is 5. The molecular formula is C20H29N2O10+. The number of carbonyl (C=O) groups is 2. The van der Waals surface area contributed by atoms with Gasteiger partial charge in [0.25, 0.3) is 0 Å². The molecule has 0 aromatic heterocycles. The van der Waals surface area contributed by atoms with Crippen LogP contribution in [0.25, 0.3) is 0 Å². The van der Waals surface area contributed by atoms with Crippen molar-refractivity contribution in [1.29, 1.82) is 0 Å². The number of amides is 1. The number of hydrogen-bond acceptors (Lipinski definition) is 9. The van der Waals surface area contributed by atoms with Crippen molar-refractivity contribution in [3.63, 3.8) is 0 Å². The molecule has 3 atom stereocenters. The van der Waals surface area contributed by atoms with Gasteiger partial charge in [0.1, 0.15) is 12.3 Å². The minimum Gasteiger partial charge on any atom is -0.490 e. The van der Waals surface area contributed by atoms with E-state index in [1.807, 2.05) is 0 Å². The highest BCUT2D eigenvalue weighted by molar-refractivity contribution is 5.89. The van der Waals surface area contributed by atoms with Gasteiger partial charge in [0, 0.05) is 19.3 Å². The van der Waals surface area contributed by atoms with Crippen LogP contribution in [-0.2, 0) is 33.3 Å². The second kappa shape index (κ2) is 11.0. The predicted octanol–water partition coefficient (Wildman–Crippen LogP) is 1.49. The summed E-state index contributed by atoms with van der Waals surface area (Å²) in [4.78, 5) is 36.0. The first-order valence-electron chi connectivity index (χ1n) is 10.6. The average molecular weight is 457 g/mol. The molecule has 1 amide bonds. The number of quaternary nitrogens is 1. The van der Waals surface area contributed by atoms with Crippen LogP contribution in [0.4, 0.5) is 0 Å². The van der Waals surface area contributed by atoms with Gasteiger partial charge in [-0.1, -0.05) is 0 Å². The Kier molecular flexibility index (Phi) is 8.32. The zero-order chi connectivity index (χ0) is 23.1. The molecule has 0 aromatic rings. The van der Waals surface area contributed by atoms with Crippen molar-refractivity contribution in [2.75, 3.05) is 40.2 Å². The second-order valence-corrected chi connectivity index (χ2v) is 7.83. The Labute approximate surface area is 185 Å². The maximum Gasteiger partial charge on any atom is 0.427 e. The van der Waals surface area contributed by atoms with Crippen molar-refractivity contribution >= 4 is 11.9 Å². The van der Waals surface area contributed by atoms with E-state index in [-0.39, 0.29) is 18.1 Å². The third-order valence-corrected chi connectivity index (χ3v) is 5.65. The number of carbonyl (C=O) groups excluding carboxylic acids is 1. The fourth-order valence-corrected chi connectivity index (χ4v) is 3.94. The fourth-order valence-electron chi connectivity index (χ4n) is 3.94. The maximum absolute atomic E-state index is 13.4. The molecule has 3 rings (SSSR count). The van der Waals surface area contributed by atoms with E-state index >= 15 is 0 Å². The van der Waals surface area contributed by atoms with Crippen molar-refractivity contribution in [3.8, 4) is 0 Å². The first kappa shape index (κ1) is 24.3. The summed E-state index contributed by atoms with van der Waals surface area (Å²) in [6, 6.07) is 0. The van der Waals surface area contributed by atoms with Gasteiger partial charge in [-0.05, 0) is 38.5 Å². The number of nitro groups is 1. The Morgan fingerprint density at radius 3 is 2.31 bits per heavy atom. The van der Waals surface area contributed by atoms with Gasteiger partial charge < -0.3 is 28.8 Å². The van der Waals surface area contributed by atoms with Crippen molar-refractivity contribution in [1.82, 2.24) is 0 Å². The van der Waals surface area contributed by atoms with Crippen LogP contribution in [0.2, 0.25) is 0 Å². The topological polar surface area (TPSA) is 144 Å². The number of rotatable bonds is 10. The van der Waals surface area contributed by atoms with Crippen LogP contribution in [0, 0.1) is 10.1 Å². The van der Waals surface area contributed by atoms with Gasteiger partial charge in [-0.3, -0.25) is 10.1 Å². The Morgan fingerprint density at radius 1 is 1.19 bits per heavy atom. The molecule has 32 heavy (non-hydrogen) atoms. The van der Waals surface area contributed by atoms with Gasteiger partial charge >= 0.3 is 17.6 Å². The van der Waals surface area contributed by atoms with Crippen LogP contribution in [-0.4, -0.2) is 79.2 Å². The standard InChI is InChI=1S/C20H28N2O10/c1-28-15-10-14(12-31-17-6-2-4-8-29-17)22(11-16(23)24,20(25)19(15)21(26)27)13-32-18-7-3-5-9-30-18/h10,17-18H,2-9,11-13H2,1H3/p+1. The quantitative estimate of drug-likeness (QED) is 0.291. The Bertz CT molecular complexity index is 783. The molecule has 178 valence electrons. The van der Waals surface area contributed by atoms with Crippen LogP contribution in [0.1, 0.15) is 38.5 Å². The van der Waals surface area contributed by atoms with Gasteiger partial charge in [0.2, 0.25) is 5.76 Å². The number of methoxy groups -OCH3 is 1. The lowest BCUT2D eigenvalue weighted by Crippen LogP contribution is -2.60.